The van der Waals surface area contributed by atoms with E-state index in [9.17, 15) is 9.90 Å². The number of aromatic nitrogens is 1. The molecule has 0 bridgehead atoms. The average Bonchev–Trinajstić information content (AvgIpc) is 3.07. The summed E-state index contributed by atoms with van der Waals surface area (Å²) in [6.07, 6.45) is 0.534. The van der Waals surface area contributed by atoms with Crippen molar-refractivity contribution in [3.05, 3.63) is 72.4 Å². The number of aryl methyl sites for hydroxylation is 1. The molecule has 4 rings (SSSR count). The summed E-state index contributed by atoms with van der Waals surface area (Å²) in [5, 5.41) is 9.81. The molecule has 2 aromatic carbocycles. The smallest absolute Gasteiger partial charge is 0.308 e. The molecule has 1 saturated heterocycles. The van der Waals surface area contributed by atoms with Crippen molar-refractivity contribution in [3.8, 4) is 22.4 Å². The lowest BCUT2D eigenvalue weighted by Gasteiger charge is -2.26. The molecule has 0 radical (unpaired) electrons. The number of cyclic esters (lactones) is 1. The van der Waals surface area contributed by atoms with E-state index in [1.165, 1.54) is 16.8 Å². The van der Waals surface area contributed by atoms with Crippen molar-refractivity contribution >= 4 is 5.97 Å². The zero-order valence-electron chi connectivity index (χ0n) is 16.0. The number of aliphatic hydroxyl groups excluding tert-OH is 1. The second-order valence-electron chi connectivity index (χ2n) is 7.45. The molecule has 4 nitrogen and oxygen atoms in total. The Balaban J connectivity index is 1.51. The number of hydrogen-bond acceptors (Lipinski definition) is 3. The van der Waals surface area contributed by atoms with Crippen LogP contribution in [-0.4, -0.2) is 27.9 Å². The molecule has 2 heterocycles. The Morgan fingerprint density at radius 2 is 1.64 bits per heavy atom. The van der Waals surface area contributed by atoms with Gasteiger partial charge in [0, 0.05) is 30.8 Å². The van der Waals surface area contributed by atoms with Gasteiger partial charge in [0.1, 0.15) is 6.10 Å². The third-order valence-corrected chi connectivity index (χ3v) is 5.40. The number of benzene rings is 2. The maximum atomic E-state index is 11.6. The lowest BCUT2D eigenvalue weighted by atomic mass is 10.0. The minimum absolute atomic E-state index is 0.109. The number of carbonyl (C=O) groups is 1. The summed E-state index contributed by atoms with van der Waals surface area (Å²) in [4.78, 5) is 11.6. The average molecular weight is 375 g/mol. The zero-order valence-corrected chi connectivity index (χ0v) is 16.0. The highest BCUT2D eigenvalue weighted by Gasteiger charge is 2.27. The maximum absolute atomic E-state index is 11.6. The van der Waals surface area contributed by atoms with Gasteiger partial charge < -0.3 is 14.4 Å². The standard InChI is InChI=1S/C24H25NO3/c1-17-7-12-23(25(17)14-13-22-15-21(26)16-24(27)28-22)20-10-8-19(9-11-20)18-5-3-2-4-6-18/h2-12,21-22,26H,13-16H2,1H3. The van der Waals surface area contributed by atoms with E-state index in [0.717, 1.165) is 17.8 Å². The topological polar surface area (TPSA) is 51.5 Å². The molecule has 1 fully saturated rings. The van der Waals surface area contributed by atoms with Gasteiger partial charge in [-0.05, 0) is 35.7 Å². The van der Waals surface area contributed by atoms with Crippen molar-refractivity contribution in [2.45, 2.75) is 44.9 Å². The Morgan fingerprint density at radius 3 is 2.36 bits per heavy atom. The van der Waals surface area contributed by atoms with E-state index in [-0.39, 0.29) is 18.5 Å². The highest BCUT2D eigenvalue weighted by atomic mass is 16.5. The van der Waals surface area contributed by atoms with Crippen LogP contribution < -0.4 is 0 Å². The second kappa shape index (κ2) is 8.03. The SMILES string of the molecule is Cc1ccc(-c2ccc(-c3ccccc3)cc2)n1CCC1CC(O)CC(=O)O1. The largest absolute Gasteiger partial charge is 0.462 e. The molecule has 3 aromatic rings. The molecule has 2 unspecified atom stereocenters. The summed E-state index contributed by atoms with van der Waals surface area (Å²) in [5.74, 6) is -0.301. The van der Waals surface area contributed by atoms with Crippen LogP contribution in [0.3, 0.4) is 0 Å². The molecule has 1 aliphatic rings. The number of hydrogen-bond donors (Lipinski definition) is 1. The Hall–Kier alpha value is -2.85. The molecular weight excluding hydrogens is 350 g/mol. The molecule has 1 N–H and O–H groups in total. The number of rotatable bonds is 5. The van der Waals surface area contributed by atoms with Crippen LogP contribution in [0.5, 0.6) is 0 Å². The van der Waals surface area contributed by atoms with Crippen LogP contribution in [0.2, 0.25) is 0 Å². The molecule has 4 heteroatoms. The van der Waals surface area contributed by atoms with Crippen LogP contribution in [0.1, 0.15) is 25.0 Å². The van der Waals surface area contributed by atoms with Gasteiger partial charge in [0.2, 0.25) is 0 Å². The number of nitrogens with zero attached hydrogens (tertiary/aromatic N) is 1. The van der Waals surface area contributed by atoms with Crippen LogP contribution in [-0.2, 0) is 16.1 Å². The van der Waals surface area contributed by atoms with Gasteiger partial charge in [0.25, 0.3) is 0 Å². The van der Waals surface area contributed by atoms with Crippen LogP contribution >= 0.6 is 0 Å². The molecule has 0 spiro atoms. The molecular formula is C24H25NO3. The van der Waals surface area contributed by atoms with Crippen molar-refractivity contribution in [2.24, 2.45) is 0 Å². The summed E-state index contributed by atoms with van der Waals surface area (Å²) in [6, 6.07) is 23.2. The molecule has 0 amide bonds. The Kier molecular flexibility index (Phi) is 5.31. The van der Waals surface area contributed by atoms with Gasteiger partial charge in [0.05, 0.1) is 12.5 Å². The second-order valence-corrected chi connectivity index (χ2v) is 7.45. The first-order chi connectivity index (χ1) is 13.6. The van der Waals surface area contributed by atoms with E-state index in [0.29, 0.717) is 12.8 Å². The van der Waals surface area contributed by atoms with Gasteiger partial charge in [-0.2, -0.15) is 0 Å². The lowest BCUT2D eigenvalue weighted by Crippen LogP contribution is -2.33. The van der Waals surface area contributed by atoms with E-state index < -0.39 is 6.10 Å². The first-order valence-corrected chi connectivity index (χ1v) is 9.79. The molecule has 0 aliphatic carbocycles. The quantitative estimate of drug-likeness (QED) is 0.664. The Labute approximate surface area is 165 Å². The lowest BCUT2D eigenvalue weighted by molar-refractivity contribution is -0.160. The Bertz CT molecular complexity index is 944. The molecule has 2 atom stereocenters. The predicted octanol–water partition coefficient (Wildman–Crippen LogP) is 4.59. The number of ether oxygens (including phenoxy) is 1. The maximum Gasteiger partial charge on any atom is 0.308 e. The van der Waals surface area contributed by atoms with Gasteiger partial charge in [-0.25, -0.2) is 0 Å². The Morgan fingerprint density at radius 1 is 0.964 bits per heavy atom. The van der Waals surface area contributed by atoms with Gasteiger partial charge in [-0.3, -0.25) is 4.79 Å². The molecule has 0 saturated carbocycles. The summed E-state index contributed by atoms with van der Waals surface area (Å²) in [6.45, 7) is 2.84. The number of aliphatic hydroxyl groups is 1. The fraction of sp³-hybridized carbons (Fsp3) is 0.292. The molecule has 1 aliphatic heterocycles. The van der Waals surface area contributed by atoms with Gasteiger partial charge >= 0.3 is 5.97 Å². The van der Waals surface area contributed by atoms with Gasteiger partial charge in [-0.15, -0.1) is 0 Å². The summed E-state index contributed by atoms with van der Waals surface area (Å²) in [5.41, 5.74) is 5.89. The molecule has 1 aromatic heterocycles. The van der Waals surface area contributed by atoms with Crippen molar-refractivity contribution in [2.75, 3.05) is 0 Å². The van der Waals surface area contributed by atoms with Gasteiger partial charge in [-0.1, -0.05) is 54.6 Å². The minimum atomic E-state index is -0.581. The number of esters is 1. The van der Waals surface area contributed by atoms with Crippen LogP contribution in [0, 0.1) is 6.92 Å². The van der Waals surface area contributed by atoms with Crippen LogP contribution in [0.25, 0.3) is 22.4 Å². The third kappa shape index (κ3) is 4.02. The fourth-order valence-corrected chi connectivity index (χ4v) is 3.89. The monoisotopic (exact) mass is 375 g/mol. The summed E-state index contributed by atoms with van der Waals surface area (Å²) >= 11 is 0. The van der Waals surface area contributed by atoms with Crippen LogP contribution in [0.15, 0.2) is 66.7 Å². The van der Waals surface area contributed by atoms with Gasteiger partial charge in [0.15, 0.2) is 0 Å². The fourth-order valence-electron chi connectivity index (χ4n) is 3.89. The van der Waals surface area contributed by atoms with Crippen LogP contribution in [0.4, 0.5) is 0 Å². The normalized spacial score (nSPS) is 19.4. The first kappa shape index (κ1) is 18.5. The summed E-state index contributed by atoms with van der Waals surface area (Å²) in [7, 11) is 0. The summed E-state index contributed by atoms with van der Waals surface area (Å²) < 4.78 is 7.65. The first-order valence-electron chi connectivity index (χ1n) is 9.79. The van der Waals surface area contributed by atoms with Crippen molar-refractivity contribution in [1.82, 2.24) is 4.57 Å². The highest BCUT2D eigenvalue weighted by molar-refractivity contribution is 5.71. The zero-order chi connectivity index (χ0) is 19.5. The van der Waals surface area contributed by atoms with E-state index in [1.54, 1.807) is 0 Å². The van der Waals surface area contributed by atoms with Crippen molar-refractivity contribution in [3.63, 3.8) is 0 Å². The highest BCUT2D eigenvalue weighted by Crippen LogP contribution is 2.27. The predicted molar refractivity (Wildman–Crippen MR) is 110 cm³/mol. The van der Waals surface area contributed by atoms with E-state index in [4.69, 9.17) is 4.74 Å². The minimum Gasteiger partial charge on any atom is -0.462 e. The van der Waals surface area contributed by atoms with E-state index >= 15 is 0 Å². The van der Waals surface area contributed by atoms with E-state index in [1.807, 2.05) is 18.2 Å². The van der Waals surface area contributed by atoms with Crippen molar-refractivity contribution < 1.29 is 14.6 Å². The molecule has 144 valence electrons. The van der Waals surface area contributed by atoms with Crippen molar-refractivity contribution in [1.29, 1.82) is 0 Å². The third-order valence-electron chi connectivity index (χ3n) is 5.40. The number of carbonyl (C=O) groups excluding carboxylic acids is 1. The van der Waals surface area contributed by atoms with E-state index in [2.05, 4.69) is 60.0 Å². The molecule has 28 heavy (non-hydrogen) atoms.